The summed E-state index contributed by atoms with van der Waals surface area (Å²) in [6, 6.07) is 13.4. The van der Waals surface area contributed by atoms with E-state index in [2.05, 4.69) is 9.97 Å². The molecule has 170 valence electrons. The van der Waals surface area contributed by atoms with Gasteiger partial charge in [0, 0.05) is 38.6 Å². The van der Waals surface area contributed by atoms with Crippen LogP contribution in [0, 0.1) is 5.41 Å². The second-order valence-electron chi connectivity index (χ2n) is 8.71. The van der Waals surface area contributed by atoms with Gasteiger partial charge in [-0.3, -0.25) is 14.6 Å². The quantitative estimate of drug-likeness (QED) is 0.509. The Morgan fingerprint density at radius 3 is 2.39 bits per heavy atom. The summed E-state index contributed by atoms with van der Waals surface area (Å²) in [4.78, 5) is 40.7. The molecule has 0 unspecified atom stereocenters. The van der Waals surface area contributed by atoms with Gasteiger partial charge < -0.3 is 9.80 Å². The number of thioether (sulfide) groups is 1. The molecule has 2 amide bonds. The zero-order valence-electron chi connectivity index (χ0n) is 18.6. The Morgan fingerprint density at radius 2 is 1.67 bits per heavy atom. The zero-order chi connectivity index (χ0) is 22.8. The summed E-state index contributed by atoms with van der Waals surface area (Å²) >= 11 is 3.01. The summed E-state index contributed by atoms with van der Waals surface area (Å²) in [5.41, 5.74) is 1.70. The minimum Gasteiger partial charge on any atom is -0.339 e. The van der Waals surface area contributed by atoms with Crippen LogP contribution in [0.5, 0.6) is 0 Å². The van der Waals surface area contributed by atoms with Crippen molar-refractivity contribution in [2.24, 2.45) is 5.41 Å². The van der Waals surface area contributed by atoms with Crippen molar-refractivity contribution < 1.29 is 9.59 Å². The van der Waals surface area contributed by atoms with Gasteiger partial charge in [0.25, 0.3) is 11.8 Å². The summed E-state index contributed by atoms with van der Waals surface area (Å²) in [5, 5.41) is 0.779. The topological polar surface area (TPSA) is 66.4 Å². The molecule has 0 bridgehead atoms. The molecule has 8 heteroatoms. The lowest BCUT2D eigenvalue weighted by atomic mass is 9.77. The highest BCUT2D eigenvalue weighted by molar-refractivity contribution is 7.98. The van der Waals surface area contributed by atoms with Crippen LogP contribution in [0.2, 0.25) is 0 Å². The lowest BCUT2D eigenvalue weighted by molar-refractivity contribution is 0.0563. The van der Waals surface area contributed by atoms with Gasteiger partial charge in [0.05, 0.1) is 21.0 Å². The molecule has 0 saturated carbocycles. The van der Waals surface area contributed by atoms with Crippen LogP contribution in [0.1, 0.15) is 39.3 Å². The van der Waals surface area contributed by atoms with E-state index in [1.807, 2.05) is 58.5 Å². The predicted octanol–water partition coefficient (Wildman–Crippen LogP) is 4.70. The average Bonchev–Trinajstić information content (AvgIpc) is 3.52. The first kappa shape index (κ1) is 22.1. The van der Waals surface area contributed by atoms with Crippen LogP contribution in [-0.2, 0) is 0 Å². The normalized spacial score (nSPS) is 17.5. The highest BCUT2D eigenvalue weighted by Gasteiger charge is 2.43. The monoisotopic (exact) mass is 478 g/mol. The van der Waals surface area contributed by atoms with Crippen LogP contribution in [0.15, 0.2) is 59.9 Å². The van der Waals surface area contributed by atoms with Crippen molar-refractivity contribution in [1.29, 1.82) is 0 Å². The third-order valence-corrected chi connectivity index (χ3v) is 8.57. The van der Waals surface area contributed by atoms with Crippen molar-refractivity contribution in [3.63, 3.8) is 0 Å². The van der Waals surface area contributed by atoms with Crippen molar-refractivity contribution in [2.75, 3.05) is 32.4 Å². The summed E-state index contributed by atoms with van der Waals surface area (Å²) in [6.45, 7) is 3.01. The molecule has 6 nitrogen and oxygen atoms in total. The largest absolute Gasteiger partial charge is 0.339 e. The van der Waals surface area contributed by atoms with Gasteiger partial charge in [0.2, 0.25) is 0 Å². The van der Waals surface area contributed by atoms with Crippen molar-refractivity contribution >= 4 is 34.9 Å². The number of amides is 2. The highest BCUT2D eigenvalue weighted by atomic mass is 32.2. The van der Waals surface area contributed by atoms with Gasteiger partial charge >= 0.3 is 0 Å². The molecule has 2 aliphatic heterocycles. The van der Waals surface area contributed by atoms with E-state index in [-0.39, 0.29) is 17.2 Å². The van der Waals surface area contributed by atoms with Crippen molar-refractivity contribution in [2.45, 2.75) is 24.3 Å². The van der Waals surface area contributed by atoms with Gasteiger partial charge in [-0.25, -0.2) is 4.98 Å². The average molecular weight is 479 g/mol. The Morgan fingerprint density at radius 1 is 0.909 bits per heavy atom. The molecule has 2 aliphatic rings. The number of rotatable bonds is 4. The molecule has 1 spiro atoms. The minimum atomic E-state index is 0.0638. The Kier molecular flexibility index (Phi) is 6.21. The number of pyridine rings is 2. The van der Waals surface area contributed by atoms with E-state index >= 15 is 0 Å². The van der Waals surface area contributed by atoms with Gasteiger partial charge in [-0.1, -0.05) is 6.07 Å². The van der Waals surface area contributed by atoms with Crippen LogP contribution < -0.4 is 0 Å². The number of hydrogen-bond acceptors (Lipinski definition) is 6. The smallest absolute Gasteiger partial charge is 0.263 e. The fourth-order valence-corrected chi connectivity index (χ4v) is 6.33. The Hall–Kier alpha value is -2.71. The maximum atomic E-state index is 13.2. The van der Waals surface area contributed by atoms with E-state index in [1.54, 1.807) is 12.4 Å². The van der Waals surface area contributed by atoms with Crippen molar-refractivity contribution in [3.8, 4) is 10.6 Å². The molecule has 5 heterocycles. The first-order valence-corrected chi connectivity index (χ1v) is 13.2. The van der Waals surface area contributed by atoms with Gasteiger partial charge in [0.1, 0.15) is 5.03 Å². The number of piperidine rings is 1. The molecule has 33 heavy (non-hydrogen) atoms. The molecular formula is C25H26N4O2S2. The van der Waals surface area contributed by atoms with Gasteiger partial charge in [0.15, 0.2) is 0 Å². The summed E-state index contributed by atoms with van der Waals surface area (Å²) in [6.07, 6.45) is 8.31. The second kappa shape index (κ2) is 9.27. The number of aromatic nitrogens is 2. The number of hydrogen-bond donors (Lipinski definition) is 0. The number of likely N-dealkylation sites (tertiary alicyclic amines) is 2. The van der Waals surface area contributed by atoms with Crippen molar-refractivity contribution in [3.05, 3.63) is 65.3 Å². The van der Waals surface area contributed by atoms with Crippen molar-refractivity contribution in [1.82, 2.24) is 19.8 Å². The minimum absolute atomic E-state index is 0.0638. The summed E-state index contributed by atoms with van der Waals surface area (Å²) in [7, 11) is 0. The Balaban J connectivity index is 1.21. The van der Waals surface area contributed by atoms with Crippen LogP contribution >= 0.6 is 23.1 Å². The molecule has 2 saturated heterocycles. The lowest BCUT2D eigenvalue weighted by Crippen LogP contribution is -2.44. The molecule has 3 aromatic rings. The molecule has 2 fully saturated rings. The summed E-state index contributed by atoms with van der Waals surface area (Å²) in [5.74, 6) is 0.173. The zero-order valence-corrected chi connectivity index (χ0v) is 20.2. The SMILES string of the molecule is CSc1ncccc1C(=O)N1CCC2(CCN(C(=O)c3ccc(-c4ccccn4)s3)C2)CC1. The van der Waals surface area contributed by atoms with Crippen LogP contribution in [0.3, 0.4) is 0 Å². The highest BCUT2D eigenvalue weighted by Crippen LogP contribution is 2.41. The fraction of sp³-hybridized carbons (Fsp3) is 0.360. The maximum Gasteiger partial charge on any atom is 0.263 e. The number of thiophene rings is 1. The molecule has 5 rings (SSSR count). The van der Waals surface area contributed by atoms with Gasteiger partial charge in [-0.05, 0) is 67.3 Å². The predicted molar refractivity (Wildman–Crippen MR) is 132 cm³/mol. The molecular weight excluding hydrogens is 452 g/mol. The first-order valence-electron chi connectivity index (χ1n) is 11.2. The lowest BCUT2D eigenvalue weighted by Gasteiger charge is -2.39. The van der Waals surface area contributed by atoms with Gasteiger partial charge in [-0.15, -0.1) is 23.1 Å². The van der Waals surface area contributed by atoms with E-state index in [4.69, 9.17) is 0 Å². The standard InChI is InChI=1S/C25H26N4O2S2/c1-32-22-18(5-4-13-27-22)23(30)28-14-9-25(10-15-28)11-16-29(17-25)24(31)21-8-7-20(33-21)19-6-2-3-12-26-19/h2-8,12-13H,9-11,14-17H2,1H3. The van der Waals surface area contributed by atoms with Crippen LogP contribution in [0.25, 0.3) is 10.6 Å². The van der Waals surface area contributed by atoms with E-state index < -0.39 is 0 Å². The molecule has 0 atom stereocenters. The third kappa shape index (κ3) is 4.42. The van der Waals surface area contributed by atoms with Crippen LogP contribution in [-0.4, -0.2) is 64.0 Å². The second-order valence-corrected chi connectivity index (χ2v) is 10.6. The molecule has 0 N–H and O–H groups in total. The van der Waals surface area contributed by atoms with Crippen LogP contribution in [0.4, 0.5) is 0 Å². The molecule has 0 aliphatic carbocycles. The molecule has 0 radical (unpaired) electrons. The molecule has 0 aromatic carbocycles. The van der Waals surface area contributed by atoms with E-state index in [9.17, 15) is 9.59 Å². The third-order valence-electron chi connectivity index (χ3n) is 6.77. The van der Waals surface area contributed by atoms with E-state index in [0.29, 0.717) is 5.56 Å². The number of nitrogens with zero attached hydrogens (tertiary/aromatic N) is 4. The van der Waals surface area contributed by atoms with E-state index in [1.165, 1.54) is 23.1 Å². The van der Waals surface area contributed by atoms with Gasteiger partial charge in [-0.2, -0.15) is 0 Å². The fourth-order valence-electron chi connectivity index (χ4n) is 4.84. The Bertz CT molecular complexity index is 1160. The molecule has 3 aromatic heterocycles. The maximum absolute atomic E-state index is 13.2. The first-order chi connectivity index (χ1) is 16.1. The van der Waals surface area contributed by atoms with E-state index in [0.717, 1.165) is 65.9 Å². The summed E-state index contributed by atoms with van der Waals surface area (Å²) < 4.78 is 0. The number of carbonyl (C=O) groups is 2. The Labute approximate surface area is 202 Å². The number of carbonyl (C=O) groups excluding carboxylic acids is 2.